The molecule has 3 saturated heterocycles. The number of ether oxygens (including phenoxy) is 1. The van der Waals surface area contributed by atoms with E-state index in [1.54, 1.807) is 0 Å². The Morgan fingerprint density at radius 2 is 1.71 bits per heavy atom. The van der Waals surface area contributed by atoms with Crippen molar-refractivity contribution in [2.24, 2.45) is 5.92 Å². The van der Waals surface area contributed by atoms with Crippen molar-refractivity contribution >= 4 is 5.91 Å². The minimum Gasteiger partial charge on any atom is -0.370 e. The Morgan fingerprint density at radius 1 is 1.00 bits per heavy atom. The molecule has 118 valence electrons. The molecule has 1 atom stereocenters. The molecule has 4 fully saturated rings. The van der Waals surface area contributed by atoms with E-state index < -0.39 is 0 Å². The van der Waals surface area contributed by atoms with Gasteiger partial charge in [-0.1, -0.05) is 19.3 Å². The van der Waals surface area contributed by atoms with Gasteiger partial charge in [-0.2, -0.15) is 0 Å². The van der Waals surface area contributed by atoms with E-state index in [0.717, 1.165) is 39.0 Å². The van der Waals surface area contributed by atoms with Gasteiger partial charge in [0, 0.05) is 12.0 Å². The van der Waals surface area contributed by atoms with E-state index >= 15 is 0 Å². The van der Waals surface area contributed by atoms with Crippen LogP contribution in [0.3, 0.4) is 0 Å². The van der Waals surface area contributed by atoms with E-state index in [9.17, 15) is 4.79 Å². The molecule has 0 N–H and O–H groups in total. The Bertz CT molecular complexity index is 394. The van der Waals surface area contributed by atoms with Crippen molar-refractivity contribution in [3.63, 3.8) is 0 Å². The number of nitrogens with zero attached hydrogens (tertiary/aromatic N) is 2. The quantitative estimate of drug-likeness (QED) is 0.781. The average molecular weight is 292 g/mol. The molecule has 0 aromatic heterocycles. The number of carbonyl (C=O) groups excluding carboxylic acids is 1. The smallest absolute Gasteiger partial charge is 0.225 e. The van der Waals surface area contributed by atoms with E-state index in [-0.39, 0.29) is 5.60 Å². The van der Waals surface area contributed by atoms with Crippen molar-refractivity contribution < 1.29 is 9.53 Å². The summed E-state index contributed by atoms with van der Waals surface area (Å²) in [5.74, 6) is 0.723. The second-order valence-corrected chi connectivity index (χ2v) is 7.62. The lowest BCUT2D eigenvalue weighted by Gasteiger charge is -2.48. The van der Waals surface area contributed by atoms with Crippen LogP contribution in [0.2, 0.25) is 0 Å². The largest absolute Gasteiger partial charge is 0.370 e. The number of amides is 1. The van der Waals surface area contributed by atoms with Gasteiger partial charge >= 0.3 is 0 Å². The molecule has 3 heterocycles. The molecule has 0 bridgehead atoms. The molecule has 3 aliphatic heterocycles. The molecule has 4 nitrogen and oxygen atoms in total. The highest BCUT2D eigenvalue weighted by Gasteiger charge is 2.52. The Kier molecular flexibility index (Phi) is 3.70. The van der Waals surface area contributed by atoms with Crippen LogP contribution < -0.4 is 0 Å². The average Bonchev–Trinajstić information content (AvgIpc) is 3.15. The fourth-order valence-electron chi connectivity index (χ4n) is 4.79. The van der Waals surface area contributed by atoms with Gasteiger partial charge in [-0.25, -0.2) is 0 Å². The van der Waals surface area contributed by atoms with Crippen molar-refractivity contribution in [2.45, 2.75) is 63.0 Å². The standard InChI is InChI=1S/C17H28N2O2/c20-16(14-6-2-1-3-7-14)19-12-17(13-19)10-15(11-21-17)18-8-4-5-9-18/h14-15H,1-13H2. The first-order valence-corrected chi connectivity index (χ1v) is 8.93. The zero-order chi connectivity index (χ0) is 14.3. The van der Waals surface area contributed by atoms with Gasteiger partial charge in [-0.3, -0.25) is 9.69 Å². The predicted octanol–water partition coefficient (Wildman–Crippen LogP) is 2.03. The van der Waals surface area contributed by atoms with E-state index in [1.807, 2.05) is 0 Å². The fraction of sp³-hybridized carbons (Fsp3) is 0.941. The second kappa shape index (κ2) is 5.54. The minimum atomic E-state index is 0.0115. The number of hydrogen-bond donors (Lipinski definition) is 0. The lowest BCUT2D eigenvalue weighted by molar-refractivity contribution is -0.162. The molecule has 1 amide bonds. The summed E-state index contributed by atoms with van der Waals surface area (Å²) in [6.45, 7) is 5.08. The van der Waals surface area contributed by atoms with Crippen molar-refractivity contribution in [3.05, 3.63) is 0 Å². The molecule has 1 saturated carbocycles. The predicted molar refractivity (Wildman–Crippen MR) is 81.1 cm³/mol. The Labute approximate surface area is 127 Å². The first-order valence-electron chi connectivity index (χ1n) is 8.93. The van der Waals surface area contributed by atoms with Gasteiger partial charge in [0.1, 0.15) is 5.60 Å². The third-order valence-electron chi connectivity index (χ3n) is 6.07. The summed E-state index contributed by atoms with van der Waals surface area (Å²) in [7, 11) is 0. The Morgan fingerprint density at radius 3 is 2.43 bits per heavy atom. The molecule has 4 rings (SSSR count). The van der Waals surface area contributed by atoms with E-state index in [4.69, 9.17) is 4.74 Å². The van der Waals surface area contributed by atoms with E-state index in [1.165, 1.54) is 45.2 Å². The highest BCUT2D eigenvalue weighted by atomic mass is 16.5. The van der Waals surface area contributed by atoms with Gasteiger partial charge in [0.2, 0.25) is 5.91 Å². The molecule has 4 heteroatoms. The van der Waals surface area contributed by atoms with Crippen molar-refractivity contribution in [3.8, 4) is 0 Å². The van der Waals surface area contributed by atoms with Crippen LogP contribution in [0.15, 0.2) is 0 Å². The first-order chi connectivity index (χ1) is 10.3. The number of rotatable bonds is 2. The number of likely N-dealkylation sites (tertiary alicyclic amines) is 2. The number of hydrogen-bond acceptors (Lipinski definition) is 3. The highest BCUT2D eigenvalue weighted by molar-refractivity contribution is 5.80. The van der Waals surface area contributed by atoms with Gasteiger partial charge in [-0.05, 0) is 45.2 Å². The monoisotopic (exact) mass is 292 g/mol. The van der Waals surface area contributed by atoms with Crippen LogP contribution in [-0.2, 0) is 9.53 Å². The van der Waals surface area contributed by atoms with Crippen LogP contribution in [0.5, 0.6) is 0 Å². The Hall–Kier alpha value is -0.610. The van der Waals surface area contributed by atoms with Crippen LogP contribution in [-0.4, -0.2) is 60.1 Å². The minimum absolute atomic E-state index is 0.0115. The van der Waals surface area contributed by atoms with Gasteiger partial charge in [-0.15, -0.1) is 0 Å². The van der Waals surface area contributed by atoms with E-state index in [0.29, 0.717) is 17.9 Å². The molecule has 1 unspecified atom stereocenters. The zero-order valence-electron chi connectivity index (χ0n) is 13.1. The molecule has 0 aromatic rings. The summed E-state index contributed by atoms with van der Waals surface area (Å²) < 4.78 is 6.13. The maximum absolute atomic E-state index is 12.5. The lowest BCUT2D eigenvalue weighted by atomic mass is 9.84. The number of carbonyl (C=O) groups is 1. The maximum atomic E-state index is 12.5. The van der Waals surface area contributed by atoms with Gasteiger partial charge in [0.15, 0.2) is 0 Å². The van der Waals surface area contributed by atoms with Gasteiger partial charge < -0.3 is 9.64 Å². The molecular weight excluding hydrogens is 264 g/mol. The summed E-state index contributed by atoms with van der Waals surface area (Å²) in [5.41, 5.74) is 0.0115. The summed E-state index contributed by atoms with van der Waals surface area (Å²) >= 11 is 0. The topological polar surface area (TPSA) is 32.8 Å². The SMILES string of the molecule is O=C(C1CCCCC1)N1CC2(CC(N3CCCC3)CO2)C1. The fourth-order valence-corrected chi connectivity index (χ4v) is 4.79. The normalized spacial score (nSPS) is 33.5. The van der Waals surface area contributed by atoms with Crippen LogP contribution in [0.4, 0.5) is 0 Å². The first kappa shape index (κ1) is 14.0. The molecule has 1 spiro atoms. The molecule has 0 aromatic carbocycles. The van der Waals surface area contributed by atoms with Crippen molar-refractivity contribution in [1.82, 2.24) is 9.80 Å². The summed E-state index contributed by atoms with van der Waals surface area (Å²) in [4.78, 5) is 17.2. The van der Waals surface area contributed by atoms with Crippen molar-refractivity contribution in [1.29, 1.82) is 0 Å². The summed E-state index contributed by atoms with van der Waals surface area (Å²) in [5, 5.41) is 0. The second-order valence-electron chi connectivity index (χ2n) is 7.62. The summed E-state index contributed by atoms with van der Waals surface area (Å²) in [6.07, 6.45) is 9.84. The highest BCUT2D eigenvalue weighted by Crippen LogP contribution is 2.39. The third-order valence-corrected chi connectivity index (χ3v) is 6.07. The van der Waals surface area contributed by atoms with Crippen LogP contribution in [0.25, 0.3) is 0 Å². The van der Waals surface area contributed by atoms with Crippen LogP contribution in [0.1, 0.15) is 51.4 Å². The lowest BCUT2D eigenvalue weighted by Crippen LogP contribution is -2.64. The van der Waals surface area contributed by atoms with Crippen LogP contribution >= 0.6 is 0 Å². The van der Waals surface area contributed by atoms with Crippen LogP contribution in [0, 0.1) is 5.92 Å². The Balaban J connectivity index is 1.29. The van der Waals surface area contributed by atoms with Gasteiger partial charge in [0.25, 0.3) is 0 Å². The molecule has 1 aliphatic carbocycles. The van der Waals surface area contributed by atoms with Gasteiger partial charge in [0.05, 0.1) is 19.7 Å². The van der Waals surface area contributed by atoms with E-state index in [2.05, 4.69) is 9.80 Å². The van der Waals surface area contributed by atoms with Crippen molar-refractivity contribution in [2.75, 3.05) is 32.8 Å². The third kappa shape index (κ3) is 2.61. The molecule has 4 aliphatic rings. The molecule has 21 heavy (non-hydrogen) atoms. The zero-order valence-corrected chi connectivity index (χ0v) is 13.1. The summed E-state index contributed by atoms with van der Waals surface area (Å²) in [6, 6.07) is 0.611. The molecule has 0 radical (unpaired) electrons. The molecular formula is C17H28N2O2. The maximum Gasteiger partial charge on any atom is 0.225 e.